The Morgan fingerprint density at radius 2 is 2.14 bits per heavy atom. The Morgan fingerprint density at radius 3 is 2.77 bits per heavy atom. The summed E-state index contributed by atoms with van der Waals surface area (Å²) < 4.78 is 22.8. The van der Waals surface area contributed by atoms with Crippen molar-refractivity contribution < 1.29 is 23.5 Å². The highest BCUT2D eigenvalue weighted by Crippen LogP contribution is 2.14. The number of amides is 1. The normalized spacial score (nSPS) is 10.3. The summed E-state index contributed by atoms with van der Waals surface area (Å²) in [4.78, 5) is 22.7. The summed E-state index contributed by atoms with van der Waals surface area (Å²) in [6.07, 6.45) is 0.985. The van der Waals surface area contributed by atoms with E-state index in [1.165, 1.54) is 18.2 Å². The van der Waals surface area contributed by atoms with E-state index in [-0.39, 0.29) is 17.9 Å². The van der Waals surface area contributed by atoms with Crippen LogP contribution in [0.15, 0.2) is 36.0 Å². The number of benzene rings is 1. The van der Waals surface area contributed by atoms with Crippen molar-refractivity contribution in [3.05, 3.63) is 41.9 Å². The van der Waals surface area contributed by atoms with E-state index >= 15 is 0 Å². The van der Waals surface area contributed by atoms with E-state index in [1.54, 1.807) is 19.1 Å². The number of nitrogens with one attached hydrogen (secondary N) is 2. The number of hydrogen-bond acceptors (Lipinski definition) is 6. The summed E-state index contributed by atoms with van der Waals surface area (Å²) in [5.41, 5.74) is 4.12. The highest BCUT2D eigenvalue weighted by Gasteiger charge is 2.10. The number of hydrogen-bond donors (Lipinski definition) is 2. The molecule has 0 radical (unpaired) electrons. The lowest BCUT2D eigenvalue weighted by Gasteiger charge is -2.08. The van der Waals surface area contributed by atoms with Gasteiger partial charge in [-0.25, -0.2) is 9.18 Å². The second-order valence-corrected chi connectivity index (χ2v) is 3.80. The lowest BCUT2D eigenvalue weighted by Crippen LogP contribution is -2.37. The monoisotopic (exact) mass is 307 g/mol. The van der Waals surface area contributed by atoms with Crippen LogP contribution in [0, 0.1) is 17.1 Å². The molecule has 0 heterocycles. The fourth-order valence-electron chi connectivity index (χ4n) is 1.28. The molecule has 116 valence electrons. The minimum absolute atomic E-state index is 0.0579. The molecule has 2 N–H and O–H groups in total. The molecular formula is C14H14FN3O4. The fraction of sp³-hybridized carbons (Fsp3) is 0.214. The number of nitrogens with zero attached hydrogens (tertiary/aromatic N) is 1. The predicted molar refractivity (Wildman–Crippen MR) is 73.5 cm³/mol. The van der Waals surface area contributed by atoms with Crippen LogP contribution in [0.25, 0.3) is 0 Å². The first-order valence-electron chi connectivity index (χ1n) is 6.27. The highest BCUT2D eigenvalue weighted by molar-refractivity contribution is 5.92. The largest absolute Gasteiger partial charge is 0.481 e. The molecule has 0 saturated heterocycles. The minimum atomic E-state index is -0.811. The van der Waals surface area contributed by atoms with Gasteiger partial charge in [-0.05, 0) is 19.1 Å². The topological polar surface area (TPSA) is 100 Å². The number of hydrazine groups is 1. The van der Waals surface area contributed by atoms with Crippen molar-refractivity contribution in [3.8, 4) is 11.8 Å². The fourth-order valence-corrected chi connectivity index (χ4v) is 1.28. The molecule has 0 atom stereocenters. The lowest BCUT2D eigenvalue weighted by atomic mass is 10.3. The molecule has 1 rings (SSSR count). The molecule has 0 bridgehead atoms. The molecule has 7 nitrogen and oxygen atoms in total. The Bertz CT molecular complexity index is 610. The van der Waals surface area contributed by atoms with Gasteiger partial charge >= 0.3 is 5.97 Å². The average Bonchev–Trinajstić information content (AvgIpc) is 2.51. The molecule has 0 aromatic heterocycles. The molecule has 0 fully saturated rings. The second-order valence-electron chi connectivity index (χ2n) is 3.80. The second kappa shape index (κ2) is 8.97. The van der Waals surface area contributed by atoms with Crippen molar-refractivity contribution in [2.75, 3.05) is 13.2 Å². The van der Waals surface area contributed by atoms with E-state index in [1.807, 2.05) is 0 Å². The maximum absolute atomic E-state index is 13.2. The number of rotatable bonds is 7. The van der Waals surface area contributed by atoms with Crippen molar-refractivity contribution in [2.24, 2.45) is 0 Å². The van der Waals surface area contributed by atoms with E-state index in [9.17, 15) is 14.0 Å². The zero-order chi connectivity index (χ0) is 16.4. The zero-order valence-corrected chi connectivity index (χ0v) is 11.8. The molecule has 22 heavy (non-hydrogen) atoms. The molecule has 0 saturated carbocycles. The smallest absolute Gasteiger partial charge is 0.350 e. The van der Waals surface area contributed by atoms with Gasteiger partial charge in [-0.15, -0.1) is 0 Å². The number of esters is 1. The van der Waals surface area contributed by atoms with Crippen molar-refractivity contribution >= 4 is 11.9 Å². The van der Waals surface area contributed by atoms with Gasteiger partial charge in [0.1, 0.15) is 6.07 Å². The SMILES string of the molecule is CCOC(=O)/C(C#N)=C/NNC(=O)COc1ccccc1F. The molecule has 0 aliphatic carbocycles. The molecule has 0 aliphatic rings. The van der Waals surface area contributed by atoms with Gasteiger partial charge in [0.15, 0.2) is 23.7 Å². The van der Waals surface area contributed by atoms with Crippen molar-refractivity contribution in [2.45, 2.75) is 6.92 Å². The van der Waals surface area contributed by atoms with E-state index in [0.717, 1.165) is 6.20 Å². The van der Waals surface area contributed by atoms with Gasteiger partial charge in [0.25, 0.3) is 5.91 Å². The first-order valence-corrected chi connectivity index (χ1v) is 6.27. The van der Waals surface area contributed by atoms with E-state index < -0.39 is 24.3 Å². The molecule has 1 amide bonds. The third-order valence-corrected chi connectivity index (χ3v) is 2.24. The predicted octanol–water partition coefficient (Wildman–Crippen LogP) is 0.796. The van der Waals surface area contributed by atoms with Crippen LogP contribution in [0.4, 0.5) is 4.39 Å². The number of carbonyl (C=O) groups is 2. The number of halogens is 1. The number of para-hydroxylation sites is 1. The first-order chi connectivity index (χ1) is 10.6. The first kappa shape index (κ1) is 17.0. The van der Waals surface area contributed by atoms with Crippen LogP contribution in [0.2, 0.25) is 0 Å². The van der Waals surface area contributed by atoms with Crippen molar-refractivity contribution in [1.29, 1.82) is 5.26 Å². The average molecular weight is 307 g/mol. The summed E-state index contributed by atoms with van der Waals surface area (Å²) >= 11 is 0. The van der Waals surface area contributed by atoms with Crippen LogP contribution in [-0.2, 0) is 14.3 Å². The van der Waals surface area contributed by atoms with Crippen LogP contribution in [0.3, 0.4) is 0 Å². The third kappa shape index (κ3) is 5.50. The Balaban J connectivity index is 2.41. The standard InChI is InChI=1S/C14H14FN3O4/c1-2-21-14(20)10(7-16)8-17-18-13(19)9-22-12-6-4-3-5-11(12)15/h3-6,8,17H,2,9H2,1H3,(H,18,19)/b10-8+. The van der Waals surface area contributed by atoms with Gasteiger partial charge in [-0.2, -0.15) is 5.26 Å². The Labute approximate surface area is 126 Å². The Morgan fingerprint density at radius 1 is 1.41 bits per heavy atom. The molecule has 1 aromatic rings. The summed E-state index contributed by atoms with van der Waals surface area (Å²) in [7, 11) is 0. The molecule has 0 spiro atoms. The van der Waals surface area contributed by atoms with Gasteiger partial charge in [0.2, 0.25) is 0 Å². The van der Waals surface area contributed by atoms with Crippen LogP contribution >= 0.6 is 0 Å². The number of nitriles is 1. The Kier molecular flexibility index (Phi) is 6.92. The molecule has 0 unspecified atom stereocenters. The number of ether oxygens (including phenoxy) is 2. The Hall–Kier alpha value is -3.08. The van der Waals surface area contributed by atoms with Crippen LogP contribution < -0.4 is 15.6 Å². The summed E-state index contributed by atoms with van der Waals surface area (Å²) in [5.74, 6) is -2.08. The van der Waals surface area contributed by atoms with E-state index in [0.29, 0.717) is 0 Å². The van der Waals surface area contributed by atoms with Crippen molar-refractivity contribution in [3.63, 3.8) is 0 Å². The van der Waals surface area contributed by atoms with Gasteiger partial charge in [0.05, 0.1) is 6.61 Å². The zero-order valence-electron chi connectivity index (χ0n) is 11.8. The molecule has 0 aliphatic heterocycles. The highest BCUT2D eigenvalue weighted by atomic mass is 19.1. The van der Waals surface area contributed by atoms with Gasteiger partial charge < -0.3 is 14.9 Å². The van der Waals surface area contributed by atoms with Crippen LogP contribution in [0.1, 0.15) is 6.92 Å². The van der Waals surface area contributed by atoms with Gasteiger partial charge in [0, 0.05) is 6.20 Å². The van der Waals surface area contributed by atoms with Gasteiger partial charge in [-0.3, -0.25) is 10.2 Å². The van der Waals surface area contributed by atoms with Crippen LogP contribution in [0.5, 0.6) is 5.75 Å². The van der Waals surface area contributed by atoms with Gasteiger partial charge in [-0.1, -0.05) is 12.1 Å². The minimum Gasteiger partial charge on any atom is -0.481 e. The summed E-state index contributed by atoms with van der Waals surface area (Å²) in [6, 6.07) is 7.26. The molecule has 1 aromatic carbocycles. The summed E-state index contributed by atoms with van der Waals surface area (Å²) in [6.45, 7) is 1.28. The summed E-state index contributed by atoms with van der Waals surface area (Å²) in [5, 5.41) is 8.73. The maximum atomic E-state index is 13.2. The lowest BCUT2D eigenvalue weighted by molar-refractivity contribution is -0.138. The quantitative estimate of drug-likeness (QED) is 0.334. The molecular weight excluding hydrogens is 293 g/mol. The van der Waals surface area contributed by atoms with Crippen molar-refractivity contribution in [1.82, 2.24) is 10.9 Å². The number of carbonyl (C=O) groups excluding carboxylic acids is 2. The van der Waals surface area contributed by atoms with E-state index in [4.69, 9.17) is 10.00 Å². The third-order valence-electron chi connectivity index (χ3n) is 2.24. The maximum Gasteiger partial charge on any atom is 0.350 e. The van der Waals surface area contributed by atoms with Crippen LogP contribution in [-0.4, -0.2) is 25.1 Å². The van der Waals surface area contributed by atoms with E-state index in [2.05, 4.69) is 15.6 Å². The molecule has 8 heteroatoms.